The minimum Gasteiger partial charge on any atom is -0.497 e. The van der Waals surface area contributed by atoms with E-state index in [1.807, 2.05) is 24.3 Å². The van der Waals surface area contributed by atoms with E-state index < -0.39 is 11.6 Å². The molecule has 0 saturated heterocycles. The molecule has 0 aliphatic carbocycles. The smallest absolute Gasteiger partial charge is 0.267 e. The van der Waals surface area contributed by atoms with Crippen molar-refractivity contribution in [3.05, 3.63) is 54.3 Å². The highest BCUT2D eigenvalue weighted by Crippen LogP contribution is 2.32. The second-order valence-corrected chi connectivity index (χ2v) is 5.81. The lowest BCUT2D eigenvalue weighted by Gasteiger charge is -2.03. The van der Waals surface area contributed by atoms with Crippen molar-refractivity contribution in [1.82, 2.24) is 15.2 Å². The van der Waals surface area contributed by atoms with Crippen molar-refractivity contribution >= 4 is 23.3 Å². The molecule has 0 radical (unpaired) electrons. The molecule has 122 valence electrons. The Labute approximate surface area is 141 Å². The van der Waals surface area contributed by atoms with Gasteiger partial charge < -0.3 is 9.15 Å². The summed E-state index contributed by atoms with van der Waals surface area (Å²) in [5.41, 5.74) is 0.643. The first-order valence-electron chi connectivity index (χ1n) is 6.99. The van der Waals surface area contributed by atoms with Gasteiger partial charge in [-0.15, -0.1) is 5.10 Å². The van der Waals surface area contributed by atoms with Gasteiger partial charge in [0.1, 0.15) is 12.1 Å². The van der Waals surface area contributed by atoms with E-state index in [4.69, 9.17) is 9.15 Å². The molecular formula is C16H13N3O4S. The molecule has 0 aliphatic heterocycles. The van der Waals surface area contributed by atoms with Crippen LogP contribution in [0.15, 0.2) is 57.3 Å². The van der Waals surface area contributed by atoms with Crippen LogP contribution in [-0.2, 0) is 11.2 Å². The maximum absolute atomic E-state index is 12.1. The maximum atomic E-state index is 12.1. The summed E-state index contributed by atoms with van der Waals surface area (Å²) in [6, 6.07) is 9.12. The number of furan rings is 1. The van der Waals surface area contributed by atoms with Crippen molar-refractivity contribution in [1.29, 1.82) is 0 Å². The molecule has 0 unspecified atom stereocenters. The number of nitrogens with one attached hydrogen (secondary N) is 1. The van der Waals surface area contributed by atoms with E-state index in [-0.39, 0.29) is 12.2 Å². The van der Waals surface area contributed by atoms with Crippen LogP contribution in [0.25, 0.3) is 0 Å². The molecule has 7 nitrogen and oxygen atoms in total. The Kier molecular flexibility index (Phi) is 4.76. The number of ether oxygens (including phenoxy) is 1. The molecule has 1 N–H and O–H groups in total. The fourth-order valence-electron chi connectivity index (χ4n) is 1.99. The van der Waals surface area contributed by atoms with E-state index in [9.17, 15) is 9.59 Å². The van der Waals surface area contributed by atoms with E-state index in [2.05, 4.69) is 15.2 Å². The van der Waals surface area contributed by atoms with Crippen molar-refractivity contribution in [3.8, 4) is 5.75 Å². The number of aromatic nitrogens is 3. The second kappa shape index (κ2) is 7.14. The van der Waals surface area contributed by atoms with Gasteiger partial charge in [0.25, 0.3) is 5.78 Å². The van der Waals surface area contributed by atoms with Crippen LogP contribution in [0.4, 0.5) is 0 Å². The number of hydrogen-bond donors (Lipinski definition) is 1. The van der Waals surface area contributed by atoms with Gasteiger partial charge in [-0.1, -0.05) is 11.8 Å². The molecule has 0 amide bonds. The number of Topliss-reactive ketones (excluding diaryl/α,β-unsaturated/α-hetero) is 2. The zero-order chi connectivity index (χ0) is 16.9. The summed E-state index contributed by atoms with van der Waals surface area (Å²) in [4.78, 5) is 28.6. The molecule has 2 aromatic heterocycles. The van der Waals surface area contributed by atoms with Crippen molar-refractivity contribution in [3.63, 3.8) is 0 Å². The Morgan fingerprint density at radius 2 is 2.04 bits per heavy atom. The van der Waals surface area contributed by atoms with Crippen molar-refractivity contribution in [2.45, 2.75) is 16.4 Å². The monoisotopic (exact) mass is 343 g/mol. The summed E-state index contributed by atoms with van der Waals surface area (Å²) in [5, 5.41) is 6.60. The summed E-state index contributed by atoms with van der Waals surface area (Å²) >= 11 is 1.37. The molecule has 3 rings (SSSR count). The van der Waals surface area contributed by atoms with Crippen LogP contribution < -0.4 is 4.74 Å². The molecule has 0 atom stereocenters. The number of aromatic amines is 1. The summed E-state index contributed by atoms with van der Waals surface area (Å²) < 4.78 is 10.5. The van der Waals surface area contributed by atoms with Crippen molar-refractivity contribution in [2.75, 3.05) is 7.11 Å². The molecule has 2 heterocycles. The molecule has 1 aromatic carbocycles. The van der Waals surface area contributed by atoms with Crippen molar-refractivity contribution in [2.24, 2.45) is 0 Å². The molecular weight excluding hydrogens is 330 g/mol. The summed E-state index contributed by atoms with van der Waals surface area (Å²) in [6.07, 6.45) is 2.68. The third kappa shape index (κ3) is 3.54. The minimum absolute atomic E-state index is 0.0671. The van der Waals surface area contributed by atoms with Crippen LogP contribution in [0, 0.1) is 0 Å². The fraction of sp³-hybridized carbons (Fsp3) is 0.125. The number of ketones is 2. The zero-order valence-electron chi connectivity index (χ0n) is 12.7. The topological polar surface area (TPSA) is 98.1 Å². The molecule has 0 aliphatic rings. The first-order chi connectivity index (χ1) is 11.7. The quantitative estimate of drug-likeness (QED) is 0.520. The zero-order valence-corrected chi connectivity index (χ0v) is 13.5. The van der Waals surface area contributed by atoms with Crippen LogP contribution >= 0.6 is 11.8 Å². The number of rotatable bonds is 7. The first kappa shape index (κ1) is 16.0. The highest BCUT2D eigenvalue weighted by Gasteiger charge is 2.22. The van der Waals surface area contributed by atoms with Gasteiger partial charge >= 0.3 is 0 Å². The average molecular weight is 343 g/mol. The first-order valence-corrected chi connectivity index (χ1v) is 7.80. The van der Waals surface area contributed by atoms with E-state index >= 15 is 0 Å². The number of hydrogen-bond acceptors (Lipinski definition) is 7. The van der Waals surface area contributed by atoms with Crippen LogP contribution in [0.5, 0.6) is 5.75 Å². The van der Waals surface area contributed by atoms with Gasteiger partial charge in [0.2, 0.25) is 11.6 Å². The Morgan fingerprint density at radius 3 is 2.71 bits per heavy atom. The lowest BCUT2D eigenvalue weighted by molar-refractivity contribution is -0.114. The number of benzene rings is 1. The fourth-order valence-corrected chi connectivity index (χ4v) is 2.85. The van der Waals surface area contributed by atoms with Gasteiger partial charge in [-0.25, -0.2) is 4.98 Å². The molecule has 8 heteroatoms. The highest BCUT2D eigenvalue weighted by molar-refractivity contribution is 7.99. The summed E-state index contributed by atoms with van der Waals surface area (Å²) in [6.45, 7) is 0. The van der Waals surface area contributed by atoms with Gasteiger partial charge in [0.15, 0.2) is 5.09 Å². The summed E-state index contributed by atoms with van der Waals surface area (Å²) in [5.74, 6) is -0.690. The van der Waals surface area contributed by atoms with E-state index in [1.165, 1.54) is 24.4 Å². The highest BCUT2D eigenvalue weighted by atomic mass is 32.2. The Bertz CT molecular complexity index is 841. The van der Waals surface area contributed by atoms with E-state index in [1.54, 1.807) is 13.2 Å². The normalized spacial score (nSPS) is 10.5. The van der Waals surface area contributed by atoms with Crippen molar-refractivity contribution < 1.29 is 18.7 Å². The van der Waals surface area contributed by atoms with Gasteiger partial charge in [-0.2, -0.15) is 0 Å². The van der Waals surface area contributed by atoms with Crippen LogP contribution in [0.3, 0.4) is 0 Å². The third-order valence-electron chi connectivity index (χ3n) is 3.20. The molecule has 3 aromatic rings. The van der Waals surface area contributed by atoms with E-state index in [0.717, 1.165) is 10.6 Å². The average Bonchev–Trinajstić information content (AvgIpc) is 3.27. The molecule has 0 saturated carbocycles. The number of methoxy groups -OCH3 is 1. The lowest BCUT2D eigenvalue weighted by atomic mass is 10.1. The number of nitrogens with zero attached hydrogens (tertiary/aromatic N) is 2. The predicted octanol–water partition coefficient (Wildman–Crippen LogP) is 2.55. The van der Waals surface area contributed by atoms with Crippen LogP contribution in [0.2, 0.25) is 0 Å². The molecule has 0 fully saturated rings. The minimum atomic E-state index is -0.724. The standard InChI is InChI=1S/C16H13N3O4S/c1-22-11-2-4-12(5-3-11)24-16-10(6-7-23-16)8-13(20)14(21)15-17-9-18-19-15/h2-7,9H,8H2,1H3,(H,17,18,19). The van der Waals surface area contributed by atoms with Gasteiger partial charge in [0, 0.05) is 16.9 Å². The Balaban J connectivity index is 1.70. The predicted molar refractivity (Wildman–Crippen MR) is 85.2 cm³/mol. The second-order valence-electron chi connectivity index (χ2n) is 4.76. The number of carbonyl (C=O) groups is 2. The SMILES string of the molecule is COc1ccc(Sc2occc2CC(=O)C(=O)c2nc[nH]n2)cc1. The van der Waals surface area contributed by atoms with Gasteiger partial charge in [-0.05, 0) is 30.3 Å². The van der Waals surface area contributed by atoms with Gasteiger partial charge in [0.05, 0.1) is 13.4 Å². The molecule has 0 spiro atoms. The Hall–Kier alpha value is -2.87. The third-order valence-corrected chi connectivity index (χ3v) is 4.25. The largest absolute Gasteiger partial charge is 0.497 e. The van der Waals surface area contributed by atoms with E-state index in [0.29, 0.717) is 10.7 Å². The number of carbonyl (C=O) groups excluding carboxylic acids is 2. The van der Waals surface area contributed by atoms with Gasteiger partial charge in [-0.3, -0.25) is 14.7 Å². The van der Waals surface area contributed by atoms with Crippen LogP contribution in [0.1, 0.15) is 16.2 Å². The number of H-pyrrole nitrogens is 1. The van der Waals surface area contributed by atoms with Crippen LogP contribution in [-0.4, -0.2) is 33.9 Å². The Morgan fingerprint density at radius 1 is 1.25 bits per heavy atom. The molecule has 24 heavy (non-hydrogen) atoms. The maximum Gasteiger partial charge on any atom is 0.267 e. The summed E-state index contributed by atoms with van der Waals surface area (Å²) in [7, 11) is 1.60. The lowest BCUT2D eigenvalue weighted by Crippen LogP contribution is -2.18. The molecule has 0 bridgehead atoms.